The van der Waals surface area contributed by atoms with Crippen LogP contribution >= 0.6 is 24.8 Å². The first kappa shape index (κ1) is 118. The third-order valence-electron chi connectivity index (χ3n) is 0. The molecule has 0 aliphatic heterocycles. The summed E-state index contributed by atoms with van der Waals surface area (Å²) in [5.74, 6) is 0. The maximum atomic E-state index is 0. The summed E-state index contributed by atoms with van der Waals surface area (Å²) < 4.78 is 0. The van der Waals surface area contributed by atoms with Gasteiger partial charge in [-0.1, -0.05) is 0 Å². The molecule has 40 valence electrons. The van der Waals surface area contributed by atoms with Gasteiger partial charge in [0.25, 0.3) is 0 Å². The van der Waals surface area contributed by atoms with Crippen LogP contribution in [0.1, 0.15) is 0 Å². The SMILES string of the molecule is Cl.Cl.[NH2-].[NH2-].[Pt+2]. The van der Waals surface area contributed by atoms with Crippen LogP contribution in [0.5, 0.6) is 0 Å². The second-order valence-corrected chi connectivity index (χ2v) is 0. The molecule has 0 saturated carbocycles. The normalized spacial score (nSPS) is 0. The van der Waals surface area contributed by atoms with Crippen LogP contribution in [0.3, 0.4) is 0 Å². The molecule has 0 aliphatic carbocycles. The fourth-order valence-corrected chi connectivity index (χ4v) is 0. The van der Waals surface area contributed by atoms with Gasteiger partial charge in [-0.05, 0) is 0 Å². The smallest absolute Gasteiger partial charge is 0.693 e. The van der Waals surface area contributed by atoms with Crippen LogP contribution in [0.2, 0.25) is 0 Å². The molecular weight excluding hydrogens is 294 g/mol. The first-order valence-corrected chi connectivity index (χ1v) is 0. The van der Waals surface area contributed by atoms with Crippen molar-refractivity contribution in [3.05, 3.63) is 12.3 Å². The van der Waals surface area contributed by atoms with Crippen molar-refractivity contribution in [1.29, 1.82) is 0 Å². The van der Waals surface area contributed by atoms with Crippen molar-refractivity contribution in [3.8, 4) is 0 Å². The van der Waals surface area contributed by atoms with Gasteiger partial charge in [-0.15, -0.1) is 24.8 Å². The molecule has 2 nitrogen and oxygen atoms in total. The van der Waals surface area contributed by atoms with E-state index in [1.54, 1.807) is 0 Å². The molecule has 5 heteroatoms. The van der Waals surface area contributed by atoms with Crippen LogP contribution in [-0.2, 0) is 21.1 Å². The third kappa shape index (κ3) is 37.3. The molecule has 5 heavy (non-hydrogen) atoms. The molecule has 0 aromatic rings. The predicted octanol–water partition coefficient (Wildman–Crippen LogP) is 2.28. The van der Waals surface area contributed by atoms with Crippen molar-refractivity contribution >= 4 is 24.8 Å². The number of hydrogen-bond acceptors (Lipinski definition) is 0. The molecule has 0 aliphatic rings. The first-order valence-electron chi connectivity index (χ1n) is 0. The zero-order valence-electron chi connectivity index (χ0n) is 2.29. The largest absolute Gasteiger partial charge is 2.00 e. The fourth-order valence-electron chi connectivity index (χ4n) is 0. The monoisotopic (exact) mass is 299 g/mol. The summed E-state index contributed by atoms with van der Waals surface area (Å²) in [5.41, 5.74) is 0. The minimum absolute atomic E-state index is 0. The molecule has 0 spiro atoms. The number of halogens is 2. The van der Waals surface area contributed by atoms with Crippen molar-refractivity contribution in [3.63, 3.8) is 0 Å². The summed E-state index contributed by atoms with van der Waals surface area (Å²) in [7, 11) is 0. The molecule has 0 rings (SSSR count). The zero-order chi connectivity index (χ0) is 0. The molecule has 0 bridgehead atoms. The first-order chi connectivity index (χ1) is 0. The van der Waals surface area contributed by atoms with Crippen LogP contribution < -0.4 is 0 Å². The number of rotatable bonds is 0. The van der Waals surface area contributed by atoms with E-state index in [1.165, 1.54) is 0 Å². The van der Waals surface area contributed by atoms with Gasteiger partial charge >= 0.3 is 21.1 Å². The topological polar surface area (TPSA) is 67.0 Å². The Balaban J connectivity index is 0. The average molecular weight is 300 g/mol. The molecule has 0 heterocycles. The third-order valence-corrected chi connectivity index (χ3v) is 0. The van der Waals surface area contributed by atoms with Crippen LogP contribution in [0.15, 0.2) is 0 Å². The Kier molecular flexibility index (Phi) is 1520. The van der Waals surface area contributed by atoms with Crippen LogP contribution in [0.4, 0.5) is 0 Å². The van der Waals surface area contributed by atoms with Gasteiger partial charge in [0.2, 0.25) is 0 Å². The quantitative estimate of drug-likeness (QED) is 0.658. The Morgan fingerprint density at radius 2 is 0.600 bits per heavy atom. The van der Waals surface area contributed by atoms with Gasteiger partial charge in [0.15, 0.2) is 0 Å². The number of hydrogen-bond donors (Lipinski definition) is 0. The summed E-state index contributed by atoms with van der Waals surface area (Å²) in [6, 6.07) is 0. The van der Waals surface area contributed by atoms with Crippen LogP contribution in [0, 0.1) is 0 Å². The second kappa shape index (κ2) is 64.5. The molecular formula is H6Cl2N2Pt. The van der Waals surface area contributed by atoms with E-state index in [0.717, 1.165) is 0 Å². The summed E-state index contributed by atoms with van der Waals surface area (Å²) in [5, 5.41) is 0. The summed E-state index contributed by atoms with van der Waals surface area (Å²) >= 11 is 0. The van der Waals surface area contributed by atoms with E-state index in [-0.39, 0.29) is 58.2 Å². The summed E-state index contributed by atoms with van der Waals surface area (Å²) in [6.07, 6.45) is 0. The summed E-state index contributed by atoms with van der Waals surface area (Å²) in [6.45, 7) is 0. The molecule has 0 fully saturated rings. The van der Waals surface area contributed by atoms with E-state index >= 15 is 0 Å². The molecule has 4 N–H and O–H groups in total. The maximum Gasteiger partial charge on any atom is 2.00 e. The van der Waals surface area contributed by atoms with Crippen molar-refractivity contribution < 1.29 is 21.1 Å². The van der Waals surface area contributed by atoms with Crippen molar-refractivity contribution in [2.24, 2.45) is 0 Å². The Morgan fingerprint density at radius 1 is 0.600 bits per heavy atom. The van der Waals surface area contributed by atoms with Gasteiger partial charge in [-0.2, -0.15) is 0 Å². The predicted molar refractivity (Wildman–Crippen MR) is 25.1 cm³/mol. The van der Waals surface area contributed by atoms with Crippen molar-refractivity contribution in [1.82, 2.24) is 0 Å². The molecule has 0 unspecified atom stereocenters. The van der Waals surface area contributed by atoms with E-state index in [0.29, 0.717) is 0 Å². The molecule has 0 atom stereocenters. The minimum atomic E-state index is 0. The molecule has 0 amide bonds. The van der Waals surface area contributed by atoms with E-state index in [1.807, 2.05) is 0 Å². The van der Waals surface area contributed by atoms with Gasteiger partial charge in [-0.25, -0.2) is 0 Å². The van der Waals surface area contributed by atoms with E-state index in [9.17, 15) is 0 Å². The van der Waals surface area contributed by atoms with Crippen LogP contribution in [-0.4, -0.2) is 0 Å². The maximum absolute atomic E-state index is 0. The fraction of sp³-hybridized carbons (Fsp3) is 0. The van der Waals surface area contributed by atoms with Gasteiger partial charge in [0.05, 0.1) is 0 Å². The molecule has 0 aromatic carbocycles. The van der Waals surface area contributed by atoms with Gasteiger partial charge < -0.3 is 12.3 Å². The Hall–Kier alpha value is 1.19. The van der Waals surface area contributed by atoms with Crippen molar-refractivity contribution in [2.45, 2.75) is 0 Å². The Bertz CT molecular complexity index is 7.61. The van der Waals surface area contributed by atoms with Gasteiger partial charge in [0, 0.05) is 0 Å². The Labute approximate surface area is 58.3 Å². The van der Waals surface area contributed by atoms with E-state index < -0.39 is 0 Å². The second-order valence-electron chi connectivity index (χ2n) is 0. The Morgan fingerprint density at radius 3 is 0.600 bits per heavy atom. The average Bonchev–Trinajstić information content (AvgIpc) is 0. The molecule has 0 aromatic heterocycles. The minimum Gasteiger partial charge on any atom is -0.693 e. The molecule has 0 saturated heterocycles. The summed E-state index contributed by atoms with van der Waals surface area (Å²) in [4.78, 5) is 0. The number of nitrogens with two attached hydrogens (primary N) is 2. The van der Waals surface area contributed by atoms with E-state index in [4.69, 9.17) is 0 Å². The zero-order valence-corrected chi connectivity index (χ0v) is 6.19. The van der Waals surface area contributed by atoms with Crippen LogP contribution in [0.25, 0.3) is 12.3 Å². The van der Waals surface area contributed by atoms with Gasteiger partial charge in [0.1, 0.15) is 0 Å². The standard InChI is InChI=1S/2ClH.2H2N.Pt/h2*1H;2*1H2;/q;;2*-1;+2. The van der Waals surface area contributed by atoms with Crippen molar-refractivity contribution in [2.75, 3.05) is 0 Å². The molecule has 0 radical (unpaired) electrons. The van der Waals surface area contributed by atoms with Gasteiger partial charge in [-0.3, -0.25) is 0 Å². The van der Waals surface area contributed by atoms with E-state index in [2.05, 4.69) is 0 Å².